The molecule has 8 nitrogen and oxygen atoms in total. The molecule has 1 amide bonds. The van der Waals surface area contributed by atoms with Gasteiger partial charge in [-0.3, -0.25) is 10.1 Å². The summed E-state index contributed by atoms with van der Waals surface area (Å²) >= 11 is 0. The fourth-order valence-corrected chi connectivity index (χ4v) is 4.04. The Kier molecular flexibility index (Phi) is 3.61. The van der Waals surface area contributed by atoms with E-state index in [0.29, 0.717) is 18.8 Å². The van der Waals surface area contributed by atoms with Crippen LogP contribution in [0, 0.1) is 10.1 Å². The van der Waals surface area contributed by atoms with Gasteiger partial charge in [-0.2, -0.15) is 0 Å². The van der Waals surface area contributed by atoms with Crippen molar-refractivity contribution in [2.75, 3.05) is 18.0 Å². The van der Waals surface area contributed by atoms with Gasteiger partial charge in [-0.05, 0) is 39.3 Å². The molecule has 2 aliphatic heterocycles. The van der Waals surface area contributed by atoms with Gasteiger partial charge in [-0.1, -0.05) is 0 Å². The lowest BCUT2D eigenvalue weighted by Gasteiger charge is -2.36. The van der Waals surface area contributed by atoms with Crippen LogP contribution in [0.25, 0.3) is 10.9 Å². The molecule has 26 heavy (non-hydrogen) atoms. The third-order valence-electron chi connectivity index (χ3n) is 5.04. The van der Waals surface area contributed by atoms with Crippen LogP contribution in [-0.4, -0.2) is 51.7 Å². The van der Waals surface area contributed by atoms with Gasteiger partial charge in [0.15, 0.2) is 0 Å². The maximum Gasteiger partial charge on any atom is 0.410 e. The summed E-state index contributed by atoms with van der Waals surface area (Å²) in [6.07, 6.45) is 2.29. The molecule has 2 saturated heterocycles. The van der Waals surface area contributed by atoms with E-state index < -0.39 is 5.60 Å². The van der Waals surface area contributed by atoms with Crippen molar-refractivity contribution < 1.29 is 14.5 Å². The Hall–Kier alpha value is -2.77. The lowest BCUT2D eigenvalue weighted by Crippen LogP contribution is -2.50. The quantitative estimate of drug-likeness (QED) is 0.657. The molecule has 0 unspecified atom stereocenters. The van der Waals surface area contributed by atoms with Crippen LogP contribution in [0.2, 0.25) is 0 Å². The van der Waals surface area contributed by atoms with Crippen molar-refractivity contribution in [2.24, 2.45) is 0 Å². The first kappa shape index (κ1) is 16.7. The minimum Gasteiger partial charge on any atom is -0.444 e. The standard InChI is InChI=1S/C18H22N4O4/c1-18(2,3)26-17(23)21-10-11-8-12(21)9-20(11)16-13-6-7-19-14(13)4-5-15(16)22(24)25/h4-7,11-12,19H,8-10H2,1-3H3/t11-,12-/m0/s1. The molecule has 0 radical (unpaired) electrons. The van der Waals surface area contributed by atoms with Crippen molar-refractivity contribution in [1.29, 1.82) is 0 Å². The molecule has 4 rings (SSSR count). The van der Waals surface area contributed by atoms with Gasteiger partial charge >= 0.3 is 6.09 Å². The number of likely N-dealkylation sites (tertiary alicyclic amines) is 1. The number of aromatic amines is 1. The summed E-state index contributed by atoms with van der Waals surface area (Å²) in [5.41, 5.74) is 1.09. The van der Waals surface area contributed by atoms with E-state index in [9.17, 15) is 14.9 Å². The summed E-state index contributed by atoms with van der Waals surface area (Å²) in [5, 5.41) is 12.4. The number of carbonyl (C=O) groups excluding carboxylic acids is 1. The van der Waals surface area contributed by atoms with Crippen LogP contribution in [0.15, 0.2) is 24.4 Å². The minimum atomic E-state index is -0.534. The molecule has 2 atom stereocenters. The van der Waals surface area contributed by atoms with Crippen molar-refractivity contribution in [3.05, 3.63) is 34.5 Å². The van der Waals surface area contributed by atoms with Gasteiger partial charge in [0.1, 0.15) is 11.3 Å². The zero-order chi connectivity index (χ0) is 18.6. The molecule has 1 aromatic carbocycles. The molecular formula is C18H22N4O4. The summed E-state index contributed by atoms with van der Waals surface area (Å²) in [4.78, 5) is 30.6. The van der Waals surface area contributed by atoms with E-state index in [4.69, 9.17) is 4.74 Å². The first-order valence-corrected chi connectivity index (χ1v) is 8.75. The van der Waals surface area contributed by atoms with Crippen LogP contribution in [0.5, 0.6) is 0 Å². The monoisotopic (exact) mass is 358 g/mol. The molecule has 2 aromatic rings. The number of carbonyl (C=O) groups is 1. The van der Waals surface area contributed by atoms with Gasteiger partial charge in [-0.15, -0.1) is 0 Å². The second-order valence-corrected chi connectivity index (χ2v) is 7.96. The first-order chi connectivity index (χ1) is 12.2. The largest absolute Gasteiger partial charge is 0.444 e. The summed E-state index contributed by atoms with van der Waals surface area (Å²) in [6.45, 7) is 6.65. The number of fused-ring (bicyclic) bond motifs is 3. The molecule has 1 aromatic heterocycles. The number of amides is 1. The van der Waals surface area contributed by atoms with Gasteiger partial charge in [0.25, 0.3) is 5.69 Å². The molecule has 1 N–H and O–H groups in total. The molecule has 0 spiro atoms. The van der Waals surface area contributed by atoms with Crippen LogP contribution in [0.3, 0.4) is 0 Å². The van der Waals surface area contributed by atoms with Crippen LogP contribution in [0.4, 0.5) is 16.2 Å². The maximum atomic E-state index is 12.4. The van der Waals surface area contributed by atoms with E-state index in [1.54, 1.807) is 23.2 Å². The Labute approximate surface area is 150 Å². The third kappa shape index (κ3) is 2.65. The predicted octanol–water partition coefficient (Wildman–Crippen LogP) is 3.27. The molecule has 2 fully saturated rings. The molecule has 0 aliphatic carbocycles. The number of hydrogen-bond acceptors (Lipinski definition) is 5. The van der Waals surface area contributed by atoms with Gasteiger partial charge in [-0.25, -0.2) is 4.79 Å². The molecular weight excluding hydrogens is 336 g/mol. The lowest BCUT2D eigenvalue weighted by atomic mass is 10.1. The number of H-pyrrole nitrogens is 1. The highest BCUT2D eigenvalue weighted by Crippen LogP contribution is 2.43. The Morgan fingerprint density at radius 1 is 1.27 bits per heavy atom. The van der Waals surface area contributed by atoms with E-state index in [0.717, 1.165) is 17.3 Å². The summed E-state index contributed by atoms with van der Waals surface area (Å²) in [5.74, 6) is 0. The van der Waals surface area contributed by atoms with Gasteiger partial charge in [0, 0.05) is 42.3 Å². The second-order valence-electron chi connectivity index (χ2n) is 7.96. The smallest absolute Gasteiger partial charge is 0.410 e. The molecule has 3 heterocycles. The predicted molar refractivity (Wildman–Crippen MR) is 97.4 cm³/mol. The van der Waals surface area contributed by atoms with Crippen molar-refractivity contribution in [3.8, 4) is 0 Å². The molecule has 2 bridgehead atoms. The zero-order valence-electron chi connectivity index (χ0n) is 15.1. The van der Waals surface area contributed by atoms with Gasteiger partial charge in [0.05, 0.1) is 11.0 Å². The Morgan fingerprint density at radius 2 is 2.04 bits per heavy atom. The molecule has 8 heteroatoms. The van der Waals surface area contributed by atoms with Crippen LogP contribution >= 0.6 is 0 Å². The number of anilines is 1. The number of aromatic nitrogens is 1. The van der Waals surface area contributed by atoms with Gasteiger partial charge in [0.2, 0.25) is 0 Å². The van der Waals surface area contributed by atoms with E-state index in [2.05, 4.69) is 9.88 Å². The zero-order valence-corrected chi connectivity index (χ0v) is 15.1. The number of nitrogens with one attached hydrogen (secondary N) is 1. The van der Waals surface area contributed by atoms with E-state index in [-0.39, 0.29) is 28.8 Å². The number of ether oxygens (including phenoxy) is 1. The normalized spacial score (nSPS) is 22.3. The maximum absolute atomic E-state index is 12.4. The van der Waals surface area contributed by atoms with Crippen molar-refractivity contribution in [3.63, 3.8) is 0 Å². The van der Waals surface area contributed by atoms with E-state index in [1.807, 2.05) is 26.8 Å². The summed E-state index contributed by atoms with van der Waals surface area (Å²) < 4.78 is 5.49. The third-order valence-corrected chi connectivity index (χ3v) is 5.04. The number of nitro groups is 1. The number of rotatable bonds is 2. The van der Waals surface area contributed by atoms with E-state index >= 15 is 0 Å². The Bertz CT molecular complexity index is 885. The number of nitro benzene ring substituents is 1. The van der Waals surface area contributed by atoms with Gasteiger partial charge < -0.3 is 19.5 Å². The first-order valence-electron chi connectivity index (χ1n) is 8.75. The van der Waals surface area contributed by atoms with E-state index in [1.165, 1.54) is 0 Å². The lowest BCUT2D eigenvalue weighted by molar-refractivity contribution is -0.384. The highest BCUT2D eigenvalue weighted by Gasteiger charge is 2.48. The SMILES string of the molecule is CC(C)(C)OC(=O)N1C[C@@H]2C[C@H]1CN2c1c([N+](=O)[O-])ccc2[nH]ccc12. The molecule has 138 valence electrons. The van der Waals surface area contributed by atoms with Crippen molar-refractivity contribution in [2.45, 2.75) is 44.9 Å². The molecule has 2 aliphatic rings. The fraction of sp³-hybridized carbons (Fsp3) is 0.500. The highest BCUT2D eigenvalue weighted by molar-refractivity contribution is 5.98. The van der Waals surface area contributed by atoms with Crippen LogP contribution in [-0.2, 0) is 4.74 Å². The van der Waals surface area contributed by atoms with Crippen molar-refractivity contribution in [1.82, 2.24) is 9.88 Å². The number of benzene rings is 1. The van der Waals surface area contributed by atoms with Crippen LogP contribution < -0.4 is 4.90 Å². The minimum absolute atomic E-state index is 0.0173. The fourth-order valence-electron chi connectivity index (χ4n) is 4.04. The number of piperazine rings is 1. The number of hydrogen-bond donors (Lipinski definition) is 1. The van der Waals surface area contributed by atoms with Crippen molar-refractivity contribution >= 4 is 28.4 Å². The topological polar surface area (TPSA) is 91.7 Å². The number of nitrogens with zero attached hydrogens (tertiary/aromatic N) is 3. The van der Waals surface area contributed by atoms with Crippen LogP contribution in [0.1, 0.15) is 27.2 Å². The summed E-state index contributed by atoms with van der Waals surface area (Å²) in [6, 6.07) is 5.23. The Morgan fingerprint density at radius 3 is 2.65 bits per heavy atom. The second kappa shape index (κ2) is 5.62. The molecule has 0 saturated carbocycles. The summed E-state index contributed by atoms with van der Waals surface area (Å²) in [7, 11) is 0. The average Bonchev–Trinajstić information content (AvgIpc) is 3.26. The average molecular weight is 358 g/mol. The Balaban J connectivity index is 1.63. The highest BCUT2D eigenvalue weighted by atomic mass is 16.6.